The average molecular weight is 591 g/mol. The number of aryl methyl sites for hydroxylation is 1. The van der Waals surface area contributed by atoms with Crippen LogP contribution in [0.25, 0.3) is 22.0 Å². The van der Waals surface area contributed by atoms with Crippen molar-refractivity contribution in [3.05, 3.63) is 77.6 Å². The number of hydrogen-bond donors (Lipinski definition) is 2. The maximum absolute atomic E-state index is 13.8. The number of nitrogens with zero attached hydrogens (tertiary/aromatic N) is 4. The van der Waals surface area contributed by atoms with Crippen LogP contribution in [0.5, 0.6) is 5.75 Å². The third-order valence-corrected chi connectivity index (χ3v) is 7.78. The Morgan fingerprint density at radius 1 is 1.14 bits per heavy atom. The molecule has 1 aliphatic rings. The molecule has 2 aromatic heterocycles. The largest absolute Gasteiger partial charge is 0.490 e. The van der Waals surface area contributed by atoms with Crippen LogP contribution >= 0.6 is 0 Å². The summed E-state index contributed by atoms with van der Waals surface area (Å²) in [7, 11) is 0. The van der Waals surface area contributed by atoms with E-state index >= 15 is 0 Å². The molecule has 4 aromatic rings. The number of primary amides is 1. The lowest BCUT2D eigenvalue weighted by Gasteiger charge is -2.36. The van der Waals surface area contributed by atoms with E-state index < -0.39 is 24.6 Å². The first kappa shape index (κ1) is 29.9. The van der Waals surface area contributed by atoms with Gasteiger partial charge in [0.15, 0.2) is 0 Å². The number of ether oxygens (including phenoxy) is 1. The number of alkyl halides is 3. The third-order valence-electron chi connectivity index (χ3n) is 7.78. The van der Waals surface area contributed by atoms with Crippen molar-refractivity contribution in [1.29, 1.82) is 5.26 Å². The summed E-state index contributed by atoms with van der Waals surface area (Å²) in [6.45, 7) is 3.99. The average Bonchev–Trinajstić information content (AvgIpc) is 3.42. The van der Waals surface area contributed by atoms with Gasteiger partial charge in [0.05, 0.1) is 17.2 Å². The number of pyridine rings is 1. The third kappa shape index (κ3) is 6.92. The summed E-state index contributed by atoms with van der Waals surface area (Å²) >= 11 is 0. The maximum Gasteiger partial charge on any atom is 0.275 e. The second kappa shape index (κ2) is 12.8. The van der Waals surface area contributed by atoms with Gasteiger partial charge in [-0.3, -0.25) is 9.69 Å². The Labute approximate surface area is 247 Å². The molecule has 0 bridgehead atoms. The molecular weight excluding hydrogens is 557 g/mol. The molecule has 1 aliphatic heterocycles. The van der Waals surface area contributed by atoms with Gasteiger partial charge in [-0.25, -0.2) is 18.2 Å². The van der Waals surface area contributed by atoms with Crippen LogP contribution in [-0.4, -0.2) is 72.2 Å². The summed E-state index contributed by atoms with van der Waals surface area (Å²) in [6, 6.07) is 16.1. The summed E-state index contributed by atoms with van der Waals surface area (Å²) in [5.74, 6) is 0.205. The number of H-pyrrole nitrogens is 1. The summed E-state index contributed by atoms with van der Waals surface area (Å²) in [6.07, 6.45) is 2.42. The van der Waals surface area contributed by atoms with Crippen molar-refractivity contribution in [2.24, 2.45) is 5.73 Å². The van der Waals surface area contributed by atoms with E-state index in [2.05, 4.69) is 25.8 Å². The van der Waals surface area contributed by atoms with E-state index in [0.717, 1.165) is 55.9 Å². The van der Waals surface area contributed by atoms with Gasteiger partial charge in [-0.05, 0) is 73.8 Å². The molecule has 43 heavy (non-hydrogen) atoms. The monoisotopic (exact) mass is 590 g/mol. The molecular formula is C32H33F3N6O2. The minimum absolute atomic E-state index is 0.250. The number of aromatic amines is 1. The molecule has 1 fully saturated rings. The molecule has 11 heteroatoms. The Kier molecular flexibility index (Phi) is 8.87. The lowest BCUT2D eigenvalue weighted by Crippen LogP contribution is -2.47. The number of carbonyl (C=O) groups excluding carboxylic acids is 1. The Morgan fingerprint density at radius 3 is 2.56 bits per heavy atom. The number of aromatic nitrogens is 2. The number of nitrogens with one attached hydrogen (secondary N) is 1. The lowest BCUT2D eigenvalue weighted by molar-refractivity contribution is -0.0482. The summed E-state index contributed by atoms with van der Waals surface area (Å²) in [4.78, 5) is 24.7. The number of amides is 1. The Hall–Kier alpha value is -4.56. The van der Waals surface area contributed by atoms with Crippen LogP contribution in [0.15, 0.2) is 60.9 Å². The van der Waals surface area contributed by atoms with Gasteiger partial charge < -0.3 is 20.4 Å². The van der Waals surface area contributed by atoms with E-state index in [4.69, 9.17) is 10.5 Å². The predicted molar refractivity (Wildman–Crippen MR) is 159 cm³/mol. The molecule has 2 aromatic carbocycles. The van der Waals surface area contributed by atoms with Crippen LogP contribution in [-0.2, 0) is 6.42 Å². The molecule has 1 unspecified atom stereocenters. The zero-order chi connectivity index (χ0) is 30.6. The van der Waals surface area contributed by atoms with Crippen molar-refractivity contribution < 1.29 is 22.7 Å². The van der Waals surface area contributed by atoms with Gasteiger partial charge in [-0.15, -0.1) is 0 Å². The Balaban J connectivity index is 1.17. The van der Waals surface area contributed by atoms with E-state index in [9.17, 15) is 23.2 Å². The SMILES string of the molecule is CC(F)(COc1ccc(-c2cnc(N3CCN(CCCc4c[nH]c5ccc(C#N)cc45)CC3)c(C(N)=O)c2)cc1)C(F)F. The topological polar surface area (TPSA) is 111 Å². The number of nitriles is 1. The highest BCUT2D eigenvalue weighted by molar-refractivity contribution is 5.99. The number of halogens is 3. The zero-order valence-electron chi connectivity index (χ0n) is 23.8. The first-order valence-electron chi connectivity index (χ1n) is 14.1. The van der Waals surface area contributed by atoms with Crippen LogP contribution in [0.1, 0.15) is 34.8 Å². The van der Waals surface area contributed by atoms with Gasteiger partial charge in [-0.1, -0.05) is 12.1 Å². The van der Waals surface area contributed by atoms with E-state index in [1.54, 1.807) is 36.5 Å². The summed E-state index contributed by atoms with van der Waals surface area (Å²) in [5, 5.41) is 10.3. The molecule has 3 N–H and O–H groups in total. The summed E-state index contributed by atoms with van der Waals surface area (Å²) in [5.41, 5.74) is 7.57. The van der Waals surface area contributed by atoms with Crippen molar-refractivity contribution >= 4 is 22.6 Å². The first-order chi connectivity index (χ1) is 20.6. The minimum Gasteiger partial charge on any atom is -0.490 e. The molecule has 224 valence electrons. The molecule has 0 saturated carbocycles. The fourth-order valence-electron chi connectivity index (χ4n) is 5.21. The number of hydrogen-bond acceptors (Lipinski definition) is 6. The second-order valence-electron chi connectivity index (χ2n) is 11.0. The molecule has 0 aliphatic carbocycles. The lowest BCUT2D eigenvalue weighted by atomic mass is 10.0. The first-order valence-corrected chi connectivity index (χ1v) is 14.1. The van der Waals surface area contributed by atoms with Gasteiger partial charge in [0, 0.05) is 55.0 Å². The van der Waals surface area contributed by atoms with Crippen LogP contribution in [0.4, 0.5) is 19.0 Å². The number of carbonyl (C=O) groups is 1. The molecule has 1 atom stereocenters. The number of fused-ring (bicyclic) bond motifs is 1. The van der Waals surface area contributed by atoms with Crippen molar-refractivity contribution in [1.82, 2.24) is 14.9 Å². The predicted octanol–water partition coefficient (Wildman–Crippen LogP) is 5.33. The van der Waals surface area contributed by atoms with Crippen LogP contribution in [0.3, 0.4) is 0 Å². The molecule has 3 heterocycles. The number of benzene rings is 2. The fraction of sp³-hybridized carbons (Fsp3) is 0.344. The van der Waals surface area contributed by atoms with Gasteiger partial charge in [0.2, 0.25) is 5.67 Å². The van der Waals surface area contributed by atoms with Crippen molar-refractivity contribution in [3.8, 4) is 22.9 Å². The smallest absolute Gasteiger partial charge is 0.275 e. The van der Waals surface area contributed by atoms with Crippen LogP contribution in [0, 0.1) is 11.3 Å². The fourth-order valence-corrected chi connectivity index (χ4v) is 5.21. The highest BCUT2D eigenvalue weighted by Gasteiger charge is 2.36. The van der Waals surface area contributed by atoms with Gasteiger partial charge in [0.1, 0.15) is 18.2 Å². The number of piperazine rings is 1. The number of anilines is 1. The van der Waals surface area contributed by atoms with Gasteiger partial charge in [0.25, 0.3) is 12.3 Å². The van der Waals surface area contributed by atoms with E-state index in [-0.39, 0.29) is 5.75 Å². The van der Waals surface area contributed by atoms with E-state index in [0.29, 0.717) is 35.6 Å². The zero-order valence-corrected chi connectivity index (χ0v) is 23.8. The van der Waals surface area contributed by atoms with Gasteiger partial charge in [-0.2, -0.15) is 5.26 Å². The van der Waals surface area contributed by atoms with Crippen molar-refractivity contribution in [2.45, 2.75) is 31.9 Å². The normalized spacial score (nSPS) is 15.4. The maximum atomic E-state index is 13.8. The number of nitrogens with two attached hydrogens (primary N) is 1. The van der Waals surface area contributed by atoms with E-state index in [1.165, 1.54) is 5.56 Å². The Bertz CT molecular complexity index is 1620. The minimum atomic E-state index is -3.15. The second-order valence-corrected chi connectivity index (χ2v) is 11.0. The van der Waals surface area contributed by atoms with Crippen LogP contribution < -0.4 is 15.4 Å². The Morgan fingerprint density at radius 2 is 1.88 bits per heavy atom. The van der Waals surface area contributed by atoms with Crippen molar-refractivity contribution in [3.63, 3.8) is 0 Å². The van der Waals surface area contributed by atoms with Gasteiger partial charge >= 0.3 is 0 Å². The standard InChI is InChI=1S/C32H33F3N6O2/c1-32(35,31(33)34)20-43-25-7-5-22(6-8-25)24-16-27(29(37)42)30(39-19-24)41-13-11-40(12-14-41)10-2-3-23-18-38-28-9-4-21(17-36)15-26(23)28/h4-9,15-16,18-19,31,38H,2-3,10-14,20H2,1H3,(H2,37,42). The molecule has 5 rings (SSSR count). The molecule has 1 saturated heterocycles. The quantitative estimate of drug-likeness (QED) is 0.244. The highest BCUT2D eigenvalue weighted by atomic mass is 19.3. The highest BCUT2D eigenvalue weighted by Crippen LogP contribution is 2.29. The summed E-state index contributed by atoms with van der Waals surface area (Å²) < 4.78 is 44.5. The van der Waals surface area contributed by atoms with E-state index in [1.807, 2.05) is 24.4 Å². The van der Waals surface area contributed by atoms with Crippen LogP contribution in [0.2, 0.25) is 0 Å². The molecule has 1 amide bonds. The molecule has 0 spiro atoms. The van der Waals surface area contributed by atoms with Crippen molar-refractivity contribution in [2.75, 3.05) is 44.2 Å². The number of rotatable bonds is 11. The molecule has 8 nitrogen and oxygen atoms in total. The molecule has 0 radical (unpaired) electrons.